The Morgan fingerprint density at radius 2 is 2.00 bits per heavy atom. The van der Waals surface area contributed by atoms with Crippen molar-refractivity contribution in [2.24, 2.45) is 5.92 Å². The first-order valence-electron chi connectivity index (χ1n) is 7.92. The summed E-state index contributed by atoms with van der Waals surface area (Å²) in [5.74, 6) is -1.19. The van der Waals surface area contributed by atoms with Gasteiger partial charge in [0.2, 0.25) is 11.8 Å². The second kappa shape index (κ2) is 9.77. The van der Waals surface area contributed by atoms with E-state index in [0.717, 1.165) is 19.4 Å². The molecule has 0 bridgehead atoms. The Hall–Kier alpha value is -1.28. The SMILES string of the molecule is CSCC[C@H](NC(=O)[C@@H](NC(=O)[C@@H]1CCCN1)C(C)C)C(=O)O. The summed E-state index contributed by atoms with van der Waals surface area (Å²) in [4.78, 5) is 35.8. The summed E-state index contributed by atoms with van der Waals surface area (Å²) in [6, 6.07) is -1.94. The van der Waals surface area contributed by atoms with E-state index >= 15 is 0 Å². The molecule has 0 aliphatic carbocycles. The fourth-order valence-corrected chi connectivity index (χ4v) is 2.92. The van der Waals surface area contributed by atoms with Crippen molar-refractivity contribution in [3.8, 4) is 0 Å². The molecule has 0 aromatic carbocycles. The normalized spacial score (nSPS) is 20.1. The second-order valence-electron chi connectivity index (χ2n) is 6.06. The van der Waals surface area contributed by atoms with Gasteiger partial charge in [0.05, 0.1) is 6.04 Å². The third kappa shape index (κ3) is 6.39. The molecule has 3 atom stereocenters. The van der Waals surface area contributed by atoms with Gasteiger partial charge in [-0.05, 0) is 43.7 Å². The van der Waals surface area contributed by atoms with E-state index in [2.05, 4.69) is 16.0 Å². The lowest BCUT2D eigenvalue weighted by Crippen LogP contribution is -2.56. The van der Waals surface area contributed by atoms with E-state index in [1.807, 2.05) is 20.1 Å². The van der Waals surface area contributed by atoms with Crippen LogP contribution in [0.4, 0.5) is 0 Å². The minimum Gasteiger partial charge on any atom is -0.480 e. The van der Waals surface area contributed by atoms with Crippen molar-refractivity contribution in [3.05, 3.63) is 0 Å². The molecule has 0 aromatic rings. The minimum absolute atomic E-state index is 0.129. The number of nitrogens with one attached hydrogen (secondary N) is 3. The van der Waals surface area contributed by atoms with E-state index < -0.39 is 24.0 Å². The van der Waals surface area contributed by atoms with Gasteiger partial charge in [-0.1, -0.05) is 13.8 Å². The van der Waals surface area contributed by atoms with Crippen LogP contribution in [0.5, 0.6) is 0 Å². The summed E-state index contributed by atoms with van der Waals surface area (Å²) in [5.41, 5.74) is 0. The zero-order valence-electron chi connectivity index (χ0n) is 13.9. The molecule has 1 aliphatic rings. The lowest BCUT2D eigenvalue weighted by molar-refractivity contribution is -0.142. The average molecular weight is 345 g/mol. The molecule has 8 heteroatoms. The summed E-state index contributed by atoms with van der Waals surface area (Å²) in [6.07, 6.45) is 3.92. The maximum absolute atomic E-state index is 12.4. The first-order chi connectivity index (χ1) is 10.9. The number of thioether (sulfide) groups is 1. The Labute approximate surface area is 141 Å². The molecule has 1 fully saturated rings. The lowest BCUT2D eigenvalue weighted by Gasteiger charge is -2.25. The van der Waals surface area contributed by atoms with Gasteiger partial charge in [-0.2, -0.15) is 11.8 Å². The zero-order valence-corrected chi connectivity index (χ0v) is 14.7. The number of hydrogen-bond acceptors (Lipinski definition) is 5. The summed E-state index contributed by atoms with van der Waals surface area (Å²) in [7, 11) is 0. The number of aliphatic carboxylic acids is 1. The molecule has 23 heavy (non-hydrogen) atoms. The fourth-order valence-electron chi connectivity index (χ4n) is 2.45. The molecule has 0 radical (unpaired) electrons. The lowest BCUT2D eigenvalue weighted by atomic mass is 10.0. The summed E-state index contributed by atoms with van der Waals surface area (Å²) in [5, 5.41) is 17.6. The molecule has 1 rings (SSSR count). The predicted molar refractivity (Wildman–Crippen MR) is 90.4 cm³/mol. The molecule has 7 nitrogen and oxygen atoms in total. The van der Waals surface area contributed by atoms with Crippen molar-refractivity contribution < 1.29 is 19.5 Å². The van der Waals surface area contributed by atoms with Crippen LogP contribution in [0.2, 0.25) is 0 Å². The molecule has 1 saturated heterocycles. The first kappa shape index (κ1) is 19.8. The highest BCUT2D eigenvalue weighted by Crippen LogP contribution is 2.09. The van der Waals surface area contributed by atoms with Crippen molar-refractivity contribution in [1.29, 1.82) is 0 Å². The Bertz CT molecular complexity index is 425. The van der Waals surface area contributed by atoms with Crippen LogP contribution in [-0.4, -0.2) is 59.6 Å². The first-order valence-corrected chi connectivity index (χ1v) is 9.32. The molecule has 1 aliphatic heterocycles. The van der Waals surface area contributed by atoms with Crippen molar-refractivity contribution >= 4 is 29.5 Å². The van der Waals surface area contributed by atoms with Crippen molar-refractivity contribution in [2.75, 3.05) is 18.6 Å². The Morgan fingerprint density at radius 3 is 2.48 bits per heavy atom. The topological polar surface area (TPSA) is 108 Å². The monoisotopic (exact) mass is 345 g/mol. The van der Waals surface area contributed by atoms with Crippen LogP contribution >= 0.6 is 11.8 Å². The summed E-state index contributed by atoms with van der Waals surface area (Å²) in [6.45, 7) is 4.45. The van der Waals surface area contributed by atoms with Gasteiger partial charge in [-0.15, -0.1) is 0 Å². The fraction of sp³-hybridized carbons (Fsp3) is 0.800. The Morgan fingerprint density at radius 1 is 1.30 bits per heavy atom. The average Bonchev–Trinajstić information content (AvgIpc) is 3.02. The molecule has 0 spiro atoms. The minimum atomic E-state index is -1.06. The molecule has 1 heterocycles. The van der Waals surface area contributed by atoms with Gasteiger partial charge >= 0.3 is 5.97 Å². The number of rotatable bonds is 9. The van der Waals surface area contributed by atoms with Crippen LogP contribution in [0, 0.1) is 5.92 Å². The van der Waals surface area contributed by atoms with Gasteiger partial charge in [0.15, 0.2) is 0 Å². The quantitative estimate of drug-likeness (QED) is 0.476. The van der Waals surface area contributed by atoms with Crippen molar-refractivity contribution in [2.45, 2.75) is 51.2 Å². The molecular weight excluding hydrogens is 318 g/mol. The van der Waals surface area contributed by atoms with E-state index in [1.165, 1.54) is 11.8 Å². The van der Waals surface area contributed by atoms with Gasteiger partial charge in [0.25, 0.3) is 0 Å². The van der Waals surface area contributed by atoms with Crippen LogP contribution in [0.25, 0.3) is 0 Å². The standard InChI is InChI=1S/C15H27N3O4S/c1-9(2)12(18-13(19)10-5-4-7-16-10)14(20)17-11(15(21)22)6-8-23-3/h9-12,16H,4-8H2,1-3H3,(H,17,20)(H,18,19)(H,21,22)/t10-,11-,12-/m0/s1. The van der Waals surface area contributed by atoms with Crippen molar-refractivity contribution in [3.63, 3.8) is 0 Å². The van der Waals surface area contributed by atoms with E-state index in [0.29, 0.717) is 12.2 Å². The van der Waals surface area contributed by atoms with E-state index in [9.17, 15) is 19.5 Å². The van der Waals surface area contributed by atoms with Crippen LogP contribution < -0.4 is 16.0 Å². The molecular formula is C15H27N3O4S. The summed E-state index contributed by atoms with van der Waals surface area (Å²) < 4.78 is 0. The number of amides is 2. The van der Waals surface area contributed by atoms with Crippen LogP contribution in [0.1, 0.15) is 33.1 Å². The molecule has 4 N–H and O–H groups in total. The van der Waals surface area contributed by atoms with E-state index in [-0.39, 0.29) is 17.9 Å². The molecule has 0 saturated carbocycles. The number of carboxylic acid groups (broad SMARTS) is 1. The predicted octanol–water partition coefficient (Wildman–Crippen LogP) is 0.202. The zero-order chi connectivity index (χ0) is 17.4. The van der Waals surface area contributed by atoms with Crippen LogP contribution in [-0.2, 0) is 14.4 Å². The Kier molecular flexibility index (Phi) is 8.40. The second-order valence-corrected chi connectivity index (χ2v) is 7.05. The molecule has 2 amide bonds. The van der Waals surface area contributed by atoms with Gasteiger partial charge in [-0.25, -0.2) is 4.79 Å². The van der Waals surface area contributed by atoms with Gasteiger partial charge in [0.1, 0.15) is 12.1 Å². The number of carbonyl (C=O) groups is 3. The Balaban J connectivity index is 2.65. The number of hydrogen-bond donors (Lipinski definition) is 4. The van der Waals surface area contributed by atoms with Gasteiger partial charge in [0, 0.05) is 0 Å². The van der Waals surface area contributed by atoms with E-state index in [1.54, 1.807) is 0 Å². The smallest absolute Gasteiger partial charge is 0.326 e. The third-order valence-electron chi connectivity index (χ3n) is 3.85. The largest absolute Gasteiger partial charge is 0.480 e. The van der Waals surface area contributed by atoms with Crippen molar-refractivity contribution in [1.82, 2.24) is 16.0 Å². The van der Waals surface area contributed by atoms with Gasteiger partial charge < -0.3 is 21.1 Å². The summed E-state index contributed by atoms with van der Waals surface area (Å²) >= 11 is 1.52. The molecule has 0 unspecified atom stereocenters. The molecule has 132 valence electrons. The molecule has 0 aromatic heterocycles. The highest BCUT2D eigenvalue weighted by Gasteiger charge is 2.31. The highest BCUT2D eigenvalue weighted by atomic mass is 32.2. The van der Waals surface area contributed by atoms with Crippen LogP contribution in [0.15, 0.2) is 0 Å². The third-order valence-corrected chi connectivity index (χ3v) is 4.49. The number of carbonyl (C=O) groups excluding carboxylic acids is 2. The number of carboxylic acids is 1. The van der Waals surface area contributed by atoms with Crippen LogP contribution in [0.3, 0.4) is 0 Å². The van der Waals surface area contributed by atoms with E-state index in [4.69, 9.17) is 0 Å². The highest BCUT2D eigenvalue weighted by molar-refractivity contribution is 7.98. The maximum Gasteiger partial charge on any atom is 0.326 e. The van der Waals surface area contributed by atoms with Gasteiger partial charge in [-0.3, -0.25) is 9.59 Å². The maximum atomic E-state index is 12.4.